The third-order valence-electron chi connectivity index (χ3n) is 14.5. The van der Waals surface area contributed by atoms with Crippen molar-refractivity contribution in [2.75, 3.05) is 13.2 Å². The van der Waals surface area contributed by atoms with Crippen molar-refractivity contribution in [1.29, 1.82) is 0 Å². The van der Waals surface area contributed by atoms with E-state index in [9.17, 15) is 14.4 Å². The van der Waals surface area contributed by atoms with Gasteiger partial charge in [-0.1, -0.05) is 305 Å². The summed E-state index contributed by atoms with van der Waals surface area (Å²) >= 11 is 0. The molecule has 0 heterocycles. The summed E-state index contributed by atoms with van der Waals surface area (Å²) in [5.41, 5.74) is 0. The predicted molar refractivity (Wildman–Crippen MR) is 293 cm³/mol. The van der Waals surface area contributed by atoms with Crippen LogP contribution in [0.4, 0.5) is 0 Å². The second-order valence-corrected chi connectivity index (χ2v) is 22.5. The number of carbonyl (C=O) groups excluding carboxylic acids is 3. The fraction of sp³-hybridized carbons (Fsp3) is 0.952. The van der Waals surface area contributed by atoms with E-state index >= 15 is 0 Å². The first-order valence-electron chi connectivity index (χ1n) is 30.6. The van der Waals surface area contributed by atoms with Crippen LogP contribution in [0.2, 0.25) is 0 Å². The summed E-state index contributed by atoms with van der Waals surface area (Å²) in [5, 5.41) is 0. The summed E-state index contributed by atoms with van der Waals surface area (Å²) < 4.78 is 16.9. The Balaban J connectivity index is 4.30. The van der Waals surface area contributed by atoms with Crippen LogP contribution >= 0.6 is 0 Å². The molecule has 68 heavy (non-hydrogen) atoms. The molecule has 0 aliphatic rings. The highest BCUT2D eigenvalue weighted by atomic mass is 16.6. The lowest BCUT2D eigenvalue weighted by atomic mass is 9.99. The van der Waals surface area contributed by atoms with Crippen LogP contribution < -0.4 is 0 Å². The number of carbonyl (C=O) groups is 3. The van der Waals surface area contributed by atoms with Gasteiger partial charge in [0, 0.05) is 19.3 Å². The lowest BCUT2D eigenvalue weighted by Gasteiger charge is -2.18. The number of ether oxygens (including phenoxy) is 3. The largest absolute Gasteiger partial charge is 0.462 e. The first-order chi connectivity index (χ1) is 33.1. The fourth-order valence-corrected chi connectivity index (χ4v) is 9.50. The molecule has 0 amide bonds. The standard InChI is InChI=1S/C62H120O6/c1-7-58(6)50-44-38-32-26-20-14-8-9-15-21-27-33-39-45-51-60(63)66-54-59(68-62(65)53-47-41-35-29-23-17-11-13-19-25-31-37-43-49-57(4)5)55-67-61(64)52-46-40-34-28-22-16-10-12-18-24-30-36-42-48-56(2)3/h56-59H,7-55H2,1-6H3/t58?,59-/m1/s1. The van der Waals surface area contributed by atoms with Crippen molar-refractivity contribution < 1.29 is 28.6 Å². The molecule has 0 aromatic carbocycles. The zero-order chi connectivity index (χ0) is 49.8. The molecule has 0 fully saturated rings. The average molecular weight is 962 g/mol. The summed E-state index contributed by atoms with van der Waals surface area (Å²) in [7, 11) is 0. The minimum Gasteiger partial charge on any atom is -0.462 e. The topological polar surface area (TPSA) is 78.9 Å². The van der Waals surface area contributed by atoms with Crippen molar-refractivity contribution in [3.8, 4) is 0 Å². The van der Waals surface area contributed by atoms with Gasteiger partial charge in [0.15, 0.2) is 6.10 Å². The molecule has 0 saturated carbocycles. The number of hydrogen-bond acceptors (Lipinski definition) is 6. The fourth-order valence-electron chi connectivity index (χ4n) is 9.50. The molecule has 6 nitrogen and oxygen atoms in total. The minimum atomic E-state index is -0.764. The maximum atomic E-state index is 12.9. The molecule has 404 valence electrons. The van der Waals surface area contributed by atoms with Gasteiger partial charge < -0.3 is 14.2 Å². The summed E-state index contributed by atoms with van der Waals surface area (Å²) in [6, 6.07) is 0. The smallest absolute Gasteiger partial charge is 0.306 e. The lowest BCUT2D eigenvalue weighted by molar-refractivity contribution is -0.167. The molecular weight excluding hydrogens is 841 g/mol. The Hall–Kier alpha value is -1.59. The number of unbranched alkanes of at least 4 members (excludes halogenated alkanes) is 37. The SMILES string of the molecule is CCC(C)CCCCCCCCCCCCCCCCC(=O)OC[C@H](COC(=O)CCCCCCCCCCCCCCCC(C)C)OC(=O)CCCCCCCCCCCCCCCC(C)C. The molecule has 6 heteroatoms. The van der Waals surface area contributed by atoms with Crippen LogP contribution in [0.3, 0.4) is 0 Å². The van der Waals surface area contributed by atoms with E-state index in [0.717, 1.165) is 75.5 Å². The number of rotatable bonds is 55. The van der Waals surface area contributed by atoms with Crippen LogP contribution in [0.5, 0.6) is 0 Å². The van der Waals surface area contributed by atoms with Crippen LogP contribution in [0.1, 0.15) is 343 Å². The van der Waals surface area contributed by atoms with E-state index in [1.165, 1.54) is 225 Å². The Labute approximate surface area is 425 Å². The molecule has 0 aromatic heterocycles. The molecular formula is C62H120O6. The van der Waals surface area contributed by atoms with E-state index in [0.29, 0.717) is 19.3 Å². The van der Waals surface area contributed by atoms with Crippen LogP contribution in [-0.2, 0) is 28.6 Å². The molecule has 0 rings (SSSR count). The van der Waals surface area contributed by atoms with Gasteiger partial charge in [0.2, 0.25) is 0 Å². The first-order valence-corrected chi connectivity index (χ1v) is 30.6. The van der Waals surface area contributed by atoms with Gasteiger partial charge in [0.25, 0.3) is 0 Å². The second kappa shape index (κ2) is 53.2. The van der Waals surface area contributed by atoms with Gasteiger partial charge in [0.1, 0.15) is 13.2 Å². The molecule has 0 radical (unpaired) electrons. The van der Waals surface area contributed by atoms with Gasteiger partial charge >= 0.3 is 17.9 Å². The summed E-state index contributed by atoms with van der Waals surface area (Å²) in [6.45, 7) is 13.8. The lowest BCUT2D eigenvalue weighted by Crippen LogP contribution is -2.30. The highest BCUT2D eigenvalue weighted by molar-refractivity contribution is 5.71. The van der Waals surface area contributed by atoms with Gasteiger partial charge in [-0.2, -0.15) is 0 Å². The summed E-state index contributed by atoms with van der Waals surface area (Å²) in [5.74, 6) is 1.73. The minimum absolute atomic E-state index is 0.0630. The van der Waals surface area contributed by atoms with Crippen LogP contribution in [0.15, 0.2) is 0 Å². The normalized spacial score (nSPS) is 12.5. The highest BCUT2D eigenvalue weighted by Gasteiger charge is 2.19. The van der Waals surface area contributed by atoms with E-state index < -0.39 is 6.10 Å². The molecule has 0 aromatic rings. The summed E-state index contributed by atoms with van der Waals surface area (Å²) in [6.07, 6.45) is 56.6. The van der Waals surface area contributed by atoms with Crippen molar-refractivity contribution in [2.24, 2.45) is 17.8 Å². The Morgan fingerprint density at radius 2 is 0.515 bits per heavy atom. The van der Waals surface area contributed by atoms with E-state index in [1.807, 2.05) is 0 Å². The van der Waals surface area contributed by atoms with Gasteiger partial charge in [0.05, 0.1) is 0 Å². The zero-order valence-corrected chi connectivity index (χ0v) is 46.9. The van der Waals surface area contributed by atoms with Gasteiger partial charge in [-0.25, -0.2) is 0 Å². The zero-order valence-electron chi connectivity index (χ0n) is 46.9. The molecule has 1 unspecified atom stereocenters. The highest BCUT2D eigenvalue weighted by Crippen LogP contribution is 2.19. The van der Waals surface area contributed by atoms with E-state index in [4.69, 9.17) is 14.2 Å². The molecule has 0 spiro atoms. The third kappa shape index (κ3) is 53.8. The van der Waals surface area contributed by atoms with Crippen molar-refractivity contribution in [3.05, 3.63) is 0 Å². The van der Waals surface area contributed by atoms with Gasteiger partial charge in [-0.05, 0) is 37.0 Å². The van der Waals surface area contributed by atoms with Crippen molar-refractivity contribution in [1.82, 2.24) is 0 Å². The van der Waals surface area contributed by atoms with E-state index in [2.05, 4.69) is 41.5 Å². The molecule has 0 bridgehead atoms. The van der Waals surface area contributed by atoms with E-state index in [-0.39, 0.29) is 31.1 Å². The maximum absolute atomic E-state index is 12.9. The maximum Gasteiger partial charge on any atom is 0.306 e. The molecule has 0 saturated heterocycles. The molecule has 0 aliphatic carbocycles. The molecule has 0 aliphatic heterocycles. The van der Waals surface area contributed by atoms with Crippen LogP contribution in [0.25, 0.3) is 0 Å². The average Bonchev–Trinajstić information content (AvgIpc) is 3.31. The Kier molecular flexibility index (Phi) is 52.0. The second-order valence-electron chi connectivity index (χ2n) is 22.5. The van der Waals surface area contributed by atoms with E-state index in [1.54, 1.807) is 0 Å². The molecule has 2 atom stereocenters. The van der Waals surface area contributed by atoms with Crippen LogP contribution in [0, 0.1) is 17.8 Å². The summed E-state index contributed by atoms with van der Waals surface area (Å²) in [4.78, 5) is 38.2. The monoisotopic (exact) mass is 961 g/mol. The van der Waals surface area contributed by atoms with Crippen molar-refractivity contribution >= 4 is 17.9 Å². The Bertz CT molecular complexity index is 1060. The Morgan fingerprint density at radius 1 is 0.294 bits per heavy atom. The van der Waals surface area contributed by atoms with Gasteiger partial charge in [-0.15, -0.1) is 0 Å². The van der Waals surface area contributed by atoms with Crippen molar-refractivity contribution in [3.63, 3.8) is 0 Å². The van der Waals surface area contributed by atoms with Crippen LogP contribution in [-0.4, -0.2) is 37.2 Å². The third-order valence-corrected chi connectivity index (χ3v) is 14.5. The van der Waals surface area contributed by atoms with Crippen molar-refractivity contribution in [2.45, 2.75) is 349 Å². The first kappa shape index (κ1) is 66.4. The number of esters is 3. The quantitative estimate of drug-likeness (QED) is 0.0343. The predicted octanol–water partition coefficient (Wildman–Crippen LogP) is 20.3. The Morgan fingerprint density at radius 3 is 0.765 bits per heavy atom. The molecule has 0 N–H and O–H groups in total. The van der Waals surface area contributed by atoms with Gasteiger partial charge in [-0.3, -0.25) is 14.4 Å². The number of hydrogen-bond donors (Lipinski definition) is 0.